The van der Waals surface area contributed by atoms with Crippen LogP contribution in [0.2, 0.25) is 0 Å². The summed E-state index contributed by atoms with van der Waals surface area (Å²) in [6.07, 6.45) is -0.740. The predicted octanol–water partition coefficient (Wildman–Crippen LogP) is 8.74. The van der Waals surface area contributed by atoms with Gasteiger partial charge in [-0.05, 0) is 93.3 Å². The molecule has 0 bridgehead atoms. The lowest BCUT2D eigenvalue weighted by atomic mass is 9.85. The van der Waals surface area contributed by atoms with Gasteiger partial charge in [0.05, 0.1) is 45.3 Å². The van der Waals surface area contributed by atoms with Crippen molar-refractivity contribution in [3.8, 4) is 28.4 Å². The molecule has 2 aromatic carbocycles. The molecule has 67 heavy (non-hydrogen) atoms. The van der Waals surface area contributed by atoms with Crippen LogP contribution in [-0.4, -0.2) is 67.8 Å². The highest BCUT2D eigenvalue weighted by Crippen LogP contribution is 2.42. The van der Waals surface area contributed by atoms with Crippen LogP contribution in [0, 0.1) is 47.1 Å². The minimum absolute atomic E-state index is 0.0327. The number of benzene rings is 2. The number of amides is 4. The van der Waals surface area contributed by atoms with E-state index in [-0.39, 0.29) is 35.5 Å². The maximum absolute atomic E-state index is 15.4. The van der Waals surface area contributed by atoms with Crippen LogP contribution in [-0.2, 0) is 31.9 Å². The number of likely N-dealkylation sites (tertiary alicyclic amines) is 1. The van der Waals surface area contributed by atoms with Gasteiger partial charge in [0.1, 0.15) is 28.9 Å². The van der Waals surface area contributed by atoms with Crippen LogP contribution >= 0.6 is 23.6 Å². The maximum atomic E-state index is 15.4. The van der Waals surface area contributed by atoms with E-state index in [1.54, 1.807) is 21.7 Å². The molecule has 352 valence electrons. The maximum Gasteiger partial charge on any atom is 0.420 e. The number of nitriles is 1. The molecule has 2 atom stereocenters. The van der Waals surface area contributed by atoms with E-state index in [2.05, 4.69) is 32.4 Å². The third kappa shape index (κ3) is 11.0. The average molecular weight is 961 g/mol. The number of hydrogen-bond donors (Lipinski definition) is 2. The number of nitrogens with one attached hydrogen (secondary N) is 2. The van der Waals surface area contributed by atoms with E-state index in [4.69, 9.17) is 17.5 Å². The van der Waals surface area contributed by atoms with Gasteiger partial charge in [0.25, 0.3) is 5.91 Å². The van der Waals surface area contributed by atoms with Crippen LogP contribution in [0.3, 0.4) is 0 Å². The Kier molecular flexibility index (Phi) is 15.2. The number of aryl methyl sites for hydroxylation is 1. The van der Waals surface area contributed by atoms with E-state index in [0.717, 1.165) is 44.8 Å². The highest BCUT2D eigenvalue weighted by Gasteiger charge is 2.52. The number of rotatable bonds is 13. The molecule has 2 fully saturated rings. The van der Waals surface area contributed by atoms with Gasteiger partial charge in [-0.1, -0.05) is 57.4 Å². The molecule has 4 amide bonds. The molecule has 19 heteroatoms. The van der Waals surface area contributed by atoms with Gasteiger partial charge < -0.3 is 20.4 Å². The van der Waals surface area contributed by atoms with Gasteiger partial charge in [-0.25, -0.2) is 18.7 Å². The molecule has 4 aromatic rings. The van der Waals surface area contributed by atoms with E-state index in [1.807, 2.05) is 52.0 Å². The number of alkyl halides is 3. The summed E-state index contributed by atoms with van der Waals surface area (Å²) < 4.78 is 71.9. The molecule has 0 radical (unpaired) electrons. The predicted molar refractivity (Wildman–Crippen MR) is 247 cm³/mol. The Labute approximate surface area is 394 Å². The number of hydrogen-bond acceptors (Lipinski definition) is 9. The second kappa shape index (κ2) is 20.3. The highest BCUT2D eigenvalue weighted by molar-refractivity contribution is 7.81. The normalized spacial score (nSPS) is 16.4. The number of carbonyl (C=O) groups excluding carboxylic acids is 4. The lowest BCUT2D eigenvalue weighted by Gasteiger charge is -2.35. The van der Waals surface area contributed by atoms with Crippen LogP contribution in [0.4, 0.5) is 33.3 Å². The van der Waals surface area contributed by atoms with Crippen molar-refractivity contribution in [1.29, 1.82) is 5.26 Å². The standard InChI is InChI=1S/C48H49F5N8O4S2/c1-28-40(67-27-57-28)30-18-16-29(17-19-30)25-56-42(63)36-14-12-22-59(36)43(64)41(46(2,3)4)58-37(62)15-11-9-7-8-10-13-34-33(49)23-32(26-55-34)61-45(66)60(44(65)47(61,5)6)35-21-20-31(24-54)38(39(35)50)48(51,52)53/h16-21,23,26-27,36,41H,7-9,11-12,14-15,22,25H2,1-6H3,(H,56,63)(H,58,62). The first-order valence-electron chi connectivity index (χ1n) is 21.6. The highest BCUT2D eigenvalue weighted by atomic mass is 32.1. The molecule has 0 spiro atoms. The molecule has 0 aliphatic carbocycles. The lowest BCUT2D eigenvalue weighted by molar-refractivity contribution is -0.144. The van der Waals surface area contributed by atoms with Crippen molar-refractivity contribution < 1.29 is 41.1 Å². The summed E-state index contributed by atoms with van der Waals surface area (Å²) in [5.41, 5.74) is -1.39. The quantitative estimate of drug-likeness (QED) is 0.0580. The molecule has 4 heterocycles. The number of thiazole rings is 1. The molecule has 2 N–H and O–H groups in total. The topological polar surface area (TPSA) is 152 Å². The van der Waals surface area contributed by atoms with Crippen LogP contribution < -0.4 is 20.4 Å². The molecular formula is C48H49F5N8O4S2. The second-order valence-electron chi connectivity index (χ2n) is 17.9. The lowest BCUT2D eigenvalue weighted by Crippen LogP contribution is -2.57. The van der Waals surface area contributed by atoms with Gasteiger partial charge >= 0.3 is 6.18 Å². The Hall–Kier alpha value is -6.31. The number of carbonyl (C=O) groups is 4. The number of anilines is 2. The summed E-state index contributed by atoms with van der Waals surface area (Å²) in [7, 11) is 0. The smallest absolute Gasteiger partial charge is 0.350 e. The van der Waals surface area contributed by atoms with Gasteiger partial charge in [-0.2, -0.15) is 18.4 Å². The summed E-state index contributed by atoms with van der Waals surface area (Å²) in [5.74, 6) is 1.04. The summed E-state index contributed by atoms with van der Waals surface area (Å²) >= 11 is 6.99. The fraction of sp³-hybridized carbons (Fsp3) is 0.417. The number of halogens is 5. The zero-order chi connectivity index (χ0) is 49.0. The van der Waals surface area contributed by atoms with Crippen molar-refractivity contribution in [2.24, 2.45) is 5.41 Å². The molecule has 2 aliphatic heterocycles. The van der Waals surface area contributed by atoms with Gasteiger partial charge in [0, 0.05) is 32.0 Å². The number of pyridine rings is 1. The second-order valence-corrected chi connectivity index (χ2v) is 19.1. The zero-order valence-electron chi connectivity index (χ0n) is 37.7. The van der Waals surface area contributed by atoms with Gasteiger partial charge in [-0.15, -0.1) is 11.3 Å². The van der Waals surface area contributed by atoms with Crippen molar-refractivity contribution in [3.05, 3.63) is 93.9 Å². The minimum Gasteiger partial charge on any atom is -0.350 e. The largest absolute Gasteiger partial charge is 0.420 e. The summed E-state index contributed by atoms with van der Waals surface area (Å²) in [6, 6.07) is 10.3. The first kappa shape index (κ1) is 50.1. The molecule has 2 aliphatic rings. The number of unbranched alkanes of at least 4 members (excludes halogenated alkanes) is 3. The minimum atomic E-state index is -5.25. The number of nitrogens with zero attached hydrogens (tertiary/aromatic N) is 6. The summed E-state index contributed by atoms with van der Waals surface area (Å²) in [5, 5.41) is 14.6. The Morgan fingerprint density at radius 3 is 2.39 bits per heavy atom. The van der Waals surface area contributed by atoms with E-state index >= 15 is 8.78 Å². The Bertz CT molecular complexity index is 2680. The van der Waals surface area contributed by atoms with Crippen LogP contribution in [0.25, 0.3) is 10.4 Å². The van der Waals surface area contributed by atoms with E-state index in [1.165, 1.54) is 26.1 Å². The fourth-order valence-corrected chi connectivity index (χ4v) is 9.35. The van der Waals surface area contributed by atoms with Crippen molar-refractivity contribution >= 4 is 63.7 Å². The average Bonchev–Trinajstić information content (AvgIpc) is 3.98. The van der Waals surface area contributed by atoms with E-state index in [0.29, 0.717) is 56.5 Å². The molecule has 6 rings (SSSR count). The first-order valence-corrected chi connectivity index (χ1v) is 22.8. The van der Waals surface area contributed by atoms with Crippen molar-refractivity contribution in [2.75, 3.05) is 16.3 Å². The Balaban J connectivity index is 0.985. The zero-order valence-corrected chi connectivity index (χ0v) is 39.4. The molecule has 2 aromatic heterocycles. The van der Waals surface area contributed by atoms with Gasteiger partial charge in [0.2, 0.25) is 17.7 Å². The van der Waals surface area contributed by atoms with Gasteiger partial charge in [-0.3, -0.25) is 24.1 Å². The van der Waals surface area contributed by atoms with Crippen molar-refractivity contribution in [3.63, 3.8) is 0 Å². The molecule has 2 unspecified atom stereocenters. The van der Waals surface area contributed by atoms with Crippen molar-refractivity contribution in [2.45, 2.75) is 117 Å². The Morgan fingerprint density at radius 1 is 1.04 bits per heavy atom. The third-order valence-corrected chi connectivity index (χ3v) is 13.0. The van der Waals surface area contributed by atoms with Crippen LogP contribution in [0.5, 0.6) is 0 Å². The Morgan fingerprint density at radius 2 is 1.76 bits per heavy atom. The van der Waals surface area contributed by atoms with Gasteiger partial charge in [0.15, 0.2) is 16.7 Å². The number of aromatic nitrogens is 2. The summed E-state index contributed by atoms with van der Waals surface area (Å²) in [6.45, 7) is 11.0. The van der Waals surface area contributed by atoms with Crippen LogP contribution in [0.15, 0.2) is 54.2 Å². The number of thiocarbonyl (C=S) groups is 1. The third-order valence-electron chi connectivity index (χ3n) is 11.6. The first-order chi connectivity index (χ1) is 31.6. The monoisotopic (exact) mass is 960 g/mol. The molecular weight excluding hydrogens is 912 g/mol. The van der Waals surface area contributed by atoms with E-state index < -0.39 is 68.7 Å². The van der Waals surface area contributed by atoms with Crippen molar-refractivity contribution in [1.82, 2.24) is 25.5 Å². The molecule has 12 nitrogen and oxygen atoms in total. The van der Waals surface area contributed by atoms with E-state index in [9.17, 15) is 32.3 Å². The molecule has 0 saturated carbocycles. The fourth-order valence-electron chi connectivity index (χ4n) is 8.02. The SMILES string of the molecule is Cc1ncsc1-c1ccc(CNC(=O)C2CCCN2C(=O)C(NC(=O)CCCCCC#Cc2ncc(N3C(=S)N(c4ccc(C#N)c(C(F)(F)F)c4F)C(=O)C3(C)C)cc2F)C(C)(C)C)cc1. The molecule has 2 saturated heterocycles. The summed E-state index contributed by atoms with van der Waals surface area (Å²) in [4.78, 5) is 66.8. The van der Waals surface area contributed by atoms with Crippen LogP contribution in [0.1, 0.15) is 108 Å².